The molecule has 2 aromatic carbocycles. The lowest BCUT2D eigenvalue weighted by molar-refractivity contribution is 0.0962. The first-order valence-electron chi connectivity index (χ1n) is 7.93. The van der Waals surface area contributed by atoms with Gasteiger partial charge in [-0.3, -0.25) is 15.6 Å². The Morgan fingerprint density at radius 1 is 1.11 bits per heavy atom. The number of carbonyl (C=O) groups is 1. The molecule has 1 aromatic heterocycles. The van der Waals surface area contributed by atoms with Crippen LogP contribution in [0.5, 0.6) is 0 Å². The number of anilines is 3. The Morgan fingerprint density at radius 3 is 2.59 bits per heavy atom. The zero-order valence-electron chi connectivity index (χ0n) is 14.0. The summed E-state index contributed by atoms with van der Waals surface area (Å²) in [4.78, 5) is 20.2. The second-order valence-electron chi connectivity index (χ2n) is 5.55. The van der Waals surface area contributed by atoms with E-state index in [-0.39, 0.29) is 17.3 Å². The monoisotopic (exact) mass is 386 g/mol. The summed E-state index contributed by atoms with van der Waals surface area (Å²) in [6, 6.07) is 12.6. The number of halogens is 2. The Morgan fingerprint density at radius 2 is 1.85 bits per heavy atom. The highest BCUT2D eigenvalue weighted by atomic mass is 35.5. The molecule has 3 aromatic rings. The summed E-state index contributed by atoms with van der Waals surface area (Å²) in [5, 5.41) is 3.50. The molecule has 7 nitrogen and oxygen atoms in total. The predicted molar refractivity (Wildman–Crippen MR) is 103 cm³/mol. The van der Waals surface area contributed by atoms with Gasteiger partial charge in [0.2, 0.25) is 0 Å². The van der Waals surface area contributed by atoms with Crippen LogP contribution in [-0.4, -0.2) is 15.9 Å². The second kappa shape index (κ2) is 8.33. The molecule has 0 aliphatic carbocycles. The standard InChI is InChI=1S/C18H16ClFN6O/c19-13-3-1-2-12(8-13)18(27)26-25-17-15(21)16(23-10-24-17)22-9-11-4-6-14(20)7-5-11/h1-8,10H,9,21H2,(H,26,27)(H2,22,23,24,25). The maximum atomic E-state index is 13.0. The van der Waals surface area contributed by atoms with Crippen molar-refractivity contribution in [3.8, 4) is 0 Å². The maximum absolute atomic E-state index is 13.0. The van der Waals surface area contributed by atoms with Crippen molar-refractivity contribution in [1.82, 2.24) is 15.4 Å². The third-order valence-corrected chi connectivity index (χ3v) is 3.87. The fourth-order valence-corrected chi connectivity index (χ4v) is 2.43. The lowest BCUT2D eigenvalue weighted by atomic mass is 10.2. The van der Waals surface area contributed by atoms with Crippen LogP contribution in [0.15, 0.2) is 54.9 Å². The number of carbonyl (C=O) groups excluding carboxylic acids is 1. The topological polar surface area (TPSA) is 105 Å². The number of aromatic nitrogens is 2. The number of hydrogen-bond donors (Lipinski definition) is 4. The quantitative estimate of drug-likeness (QED) is 0.485. The second-order valence-corrected chi connectivity index (χ2v) is 5.99. The zero-order chi connectivity index (χ0) is 19.2. The summed E-state index contributed by atoms with van der Waals surface area (Å²) in [5.41, 5.74) is 12.7. The van der Waals surface area contributed by atoms with Gasteiger partial charge >= 0.3 is 0 Å². The number of nitrogens with zero attached hydrogens (tertiary/aromatic N) is 2. The van der Waals surface area contributed by atoms with E-state index < -0.39 is 5.91 Å². The predicted octanol–water partition coefficient (Wildman–Crippen LogP) is 3.22. The molecule has 0 saturated carbocycles. The smallest absolute Gasteiger partial charge is 0.269 e. The Labute approximate surface area is 159 Å². The lowest BCUT2D eigenvalue weighted by Crippen LogP contribution is -2.30. The van der Waals surface area contributed by atoms with Crippen LogP contribution in [0.4, 0.5) is 21.7 Å². The van der Waals surface area contributed by atoms with Crippen LogP contribution in [-0.2, 0) is 6.54 Å². The molecule has 1 heterocycles. The van der Waals surface area contributed by atoms with Gasteiger partial charge in [0.05, 0.1) is 0 Å². The van der Waals surface area contributed by atoms with E-state index in [1.54, 1.807) is 30.3 Å². The van der Waals surface area contributed by atoms with E-state index >= 15 is 0 Å². The Bertz CT molecular complexity index is 951. The molecule has 0 atom stereocenters. The van der Waals surface area contributed by atoms with E-state index in [0.717, 1.165) is 5.56 Å². The van der Waals surface area contributed by atoms with Crippen LogP contribution in [0.2, 0.25) is 5.02 Å². The first kappa shape index (κ1) is 18.4. The molecular formula is C18H16ClFN6O. The van der Waals surface area contributed by atoms with Gasteiger partial charge in [-0.1, -0.05) is 29.8 Å². The molecular weight excluding hydrogens is 371 g/mol. The summed E-state index contributed by atoms with van der Waals surface area (Å²) in [6.45, 7) is 0.399. The van der Waals surface area contributed by atoms with Crippen LogP contribution in [0.25, 0.3) is 0 Å². The van der Waals surface area contributed by atoms with Gasteiger partial charge in [-0.15, -0.1) is 0 Å². The van der Waals surface area contributed by atoms with Crippen LogP contribution in [0.3, 0.4) is 0 Å². The van der Waals surface area contributed by atoms with Gasteiger partial charge in [-0.2, -0.15) is 0 Å². The molecule has 5 N–H and O–H groups in total. The van der Waals surface area contributed by atoms with E-state index in [1.165, 1.54) is 24.5 Å². The average Bonchev–Trinajstić information content (AvgIpc) is 2.67. The highest BCUT2D eigenvalue weighted by Crippen LogP contribution is 2.22. The van der Waals surface area contributed by atoms with E-state index in [0.29, 0.717) is 22.9 Å². The normalized spacial score (nSPS) is 10.3. The van der Waals surface area contributed by atoms with Gasteiger partial charge in [0.1, 0.15) is 17.8 Å². The largest absolute Gasteiger partial charge is 0.393 e. The minimum atomic E-state index is -0.392. The number of amides is 1. The highest BCUT2D eigenvalue weighted by Gasteiger charge is 2.10. The SMILES string of the molecule is Nc1c(NCc2ccc(F)cc2)ncnc1NNC(=O)c1cccc(Cl)c1. The van der Waals surface area contributed by atoms with Crippen molar-refractivity contribution in [2.45, 2.75) is 6.54 Å². The van der Waals surface area contributed by atoms with Crippen molar-refractivity contribution in [3.05, 3.63) is 76.8 Å². The number of nitrogens with one attached hydrogen (secondary N) is 3. The first-order valence-corrected chi connectivity index (χ1v) is 8.31. The number of rotatable bonds is 6. The van der Waals surface area contributed by atoms with Crippen molar-refractivity contribution in [2.75, 3.05) is 16.5 Å². The van der Waals surface area contributed by atoms with Crippen molar-refractivity contribution in [3.63, 3.8) is 0 Å². The maximum Gasteiger partial charge on any atom is 0.269 e. The van der Waals surface area contributed by atoms with Gasteiger partial charge < -0.3 is 11.1 Å². The molecule has 0 spiro atoms. The third-order valence-electron chi connectivity index (χ3n) is 3.64. The van der Waals surface area contributed by atoms with Gasteiger partial charge in [-0.05, 0) is 35.9 Å². The number of benzene rings is 2. The van der Waals surface area contributed by atoms with Crippen LogP contribution in [0.1, 0.15) is 15.9 Å². The zero-order valence-corrected chi connectivity index (χ0v) is 14.8. The fraction of sp³-hybridized carbons (Fsp3) is 0.0556. The number of hydrazine groups is 1. The molecule has 0 unspecified atom stereocenters. The summed E-state index contributed by atoms with van der Waals surface area (Å²) in [6.07, 6.45) is 1.30. The van der Waals surface area contributed by atoms with Gasteiger partial charge in [0, 0.05) is 17.1 Å². The molecule has 9 heteroatoms. The van der Waals surface area contributed by atoms with E-state index in [1.807, 2.05) is 0 Å². The van der Waals surface area contributed by atoms with Gasteiger partial charge in [0.25, 0.3) is 5.91 Å². The summed E-state index contributed by atoms with van der Waals surface area (Å²) < 4.78 is 13.0. The summed E-state index contributed by atoms with van der Waals surface area (Å²) in [7, 11) is 0. The molecule has 1 amide bonds. The van der Waals surface area contributed by atoms with Crippen LogP contribution < -0.4 is 21.9 Å². The number of nitrogens with two attached hydrogens (primary N) is 1. The van der Waals surface area contributed by atoms with Crippen LogP contribution in [0, 0.1) is 5.82 Å². The highest BCUT2D eigenvalue weighted by molar-refractivity contribution is 6.30. The number of hydrogen-bond acceptors (Lipinski definition) is 6. The minimum Gasteiger partial charge on any atom is -0.393 e. The molecule has 138 valence electrons. The Balaban J connectivity index is 1.64. The van der Waals surface area contributed by atoms with Crippen molar-refractivity contribution >= 4 is 34.8 Å². The number of nitrogen functional groups attached to an aromatic ring is 1. The van der Waals surface area contributed by atoms with Gasteiger partial charge in [-0.25, -0.2) is 14.4 Å². The van der Waals surface area contributed by atoms with Crippen molar-refractivity contribution in [2.24, 2.45) is 0 Å². The fourth-order valence-electron chi connectivity index (χ4n) is 2.24. The Hall–Kier alpha value is -3.39. The first-order chi connectivity index (χ1) is 13.0. The van der Waals surface area contributed by atoms with Crippen molar-refractivity contribution < 1.29 is 9.18 Å². The van der Waals surface area contributed by atoms with Crippen molar-refractivity contribution in [1.29, 1.82) is 0 Å². The third kappa shape index (κ3) is 4.83. The lowest BCUT2D eigenvalue weighted by Gasteiger charge is -2.13. The molecule has 3 rings (SSSR count). The van der Waals surface area contributed by atoms with Gasteiger partial charge in [0.15, 0.2) is 11.6 Å². The minimum absolute atomic E-state index is 0.228. The summed E-state index contributed by atoms with van der Waals surface area (Å²) >= 11 is 5.88. The molecule has 0 radical (unpaired) electrons. The molecule has 0 fully saturated rings. The molecule has 0 bridgehead atoms. The van der Waals surface area contributed by atoms with E-state index in [2.05, 4.69) is 26.1 Å². The molecule has 0 aliphatic heterocycles. The summed E-state index contributed by atoms with van der Waals surface area (Å²) in [5.74, 6) is -0.0746. The van der Waals surface area contributed by atoms with E-state index in [4.69, 9.17) is 17.3 Å². The molecule has 27 heavy (non-hydrogen) atoms. The molecule has 0 aliphatic rings. The van der Waals surface area contributed by atoms with Crippen LogP contribution >= 0.6 is 11.6 Å². The average molecular weight is 387 g/mol. The molecule has 0 saturated heterocycles. The van der Waals surface area contributed by atoms with E-state index in [9.17, 15) is 9.18 Å². The Kier molecular flexibility index (Phi) is 5.68.